The van der Waals surface area contributed by atoms with Gasteiger partial charge in [-0.3, -0.25) is 9.59 Å². The van der Waals surface area contributed by atoms with Gasteiger partial charge in [0.05, 0.1) is 25.0 Å². The largest absolute Gasteiger partial charge is 0.420 e. The summed E-state index contributed by atoms with van der Waals surface area (Å²) in [6.45, 7) is 0.666. The van der Waals surface area contributed by atoms with Crippen molar-refractivity contribution in [2.24, 2.45) is 0 Å². The summed E-state index contributed by atoms with van der Waals surface area (Å²) in [7, 11) is 0. The van der Waals surface area contributed by atoms with Gasteiger partial charge in [0, 0.05) is 12.1 Å². The van der Waals surface area contributed by atoms with Crippen molar-refractivity contribution in [2.75, 3.05) is 25.4 Å². The van der Waals surface area contributed by atoms with Gasteiger partial charge in [-0.05, 0) is 49.7 Å². The monoisotopic (exact) mass is 507 g/mol. The van der Waals surface area contributed by atoms with Crippen LogP contribution in [0.5, 0.6) is 0 Å². The second-order valence-electron chi connectivity index (χ2n) is 8.18. The minimum absolute atomic E-state index is 0.114. The highest BCUT2D eigenvalue weighted by molar-refractivity contribution is 5.98. The van der Waals surface area contributed by atoms with Gasteiger partial charge in [0.2, 0.25) is 0 Å². The molecule has 0 aliphatic carbocycles. The SMILES string of the molecule is CCN(C[C@@](O)(CNC(=O)c1cnn(-c2ccc(F)cc2)c1N)C(F)(F)F)C(=O)c1ccccc1C. The van der Waals surface area contributed by atoms with Gasteiger partial charge >= 0.3 is 6.18 Å². The molecule has 0 spiro atoms. The number of alkyl halides is 3. The molecule has 3 aromatic rings. The molecule has 0 radical (unpaired) electrons. The number of aromatic nitrogens is 2. The number of nitrogens with one attached hydrogen (secondary N) is 1. The maximum absolute atomic E-state index is 13.9. The molecule has 0 saturated heterocycles. The third-order valence-corrected chi connectivity index (χ3v) is 5.69. The molecule has 8 nitrogen and oxygen atoms in total. The van der Waals surface area contributed by atoms with Crippen molar-refractivity contribution in [3.8, 4) is 5.69 Å². The number of halogens is 4. The summed E-state index contributed by atoms with van der Waals surface area (Å²) < 4.78 is 56.1. The predicted molar refractivity (Wildman–Crippen MR) is 124 cm³/mol. The van der Waals surface area contributed by atoms with E-state index in [0.717, 1.165) is 27.9 Å². The molecule has 0 unspecified atom stereocenters. The van der Waals surface area contributed by atoms with Crippen LogP contribution in [0.2, 0.25) is 0 Å². The van der Waals surface area contributed by atoms with Crippen LogP contribution in [0.4, 0.5) is 23.4 Å². The number of nitrogens with two attached hydrogens (primary N) is 1. The molecule has 1 aromatic heterocycles. The summed E-state index contributed by atoms with van der Waals surface area (Å²) in [5.74, 6) is -2.40. The molecule has 0 saturated carbocycles. The molecule has 0 bridgehead atoms. The van der Waals surface area contributed by atoms with E-state index in [1.807, 2.05) is 5.32 Å². The molecule has 12 heteroatoms. The van der Waals surface area contributed by atoms with Crippen LogP contribution in [0.25, 0.3) is 5.69 Å². The Bertz CT molecular complexity index is 1240. The van der Waals surface area contributed by atoms with Crippen molar-refractivity contribution in [1.29, 1.82) is 0 Å². The summed E-state index contributed by atoms with van der Waals surface area (Å²) in [5, 5.41) is 16.5. The molecular formula is C24H25F4N5O3. The van der Waals surface area contributed by atoms with Crippen LogP contribution in [0.15, 0.2) is 54.7 Å². The van der Waals surface area contributed by atoms with Crippen LogP contribution in [0.3, 0.4) is 0 Å². The predicted octanol–water partition coefficient (Wildman–Crippen LogP) is 3.09. The fourth-order valence-corrected chi connectivity index (χ4v) is 3.51. The van der Waals surface area contributed by atoms with Gasteiger partial charge in [0.25, 0.3) is 11.8 Å². The second kappa shape index (κ2) is 10.4. The Morgan fingerprint density at radius 1 is 1.11 bits per heavy atom. The number of carbonyl (C=O) groups is 2. The number of rotatable bonds is 8. The van der Waals surface area contributed by atoms with Gasteiger partial charge in [0.1, 0.15) is 17.2 Å². The van der Waals surface area contributed by atoms with Crippen LogP contribution in [0, 0.1) is 12.7 Å². The Balaban J connectivity index is 1.79. The smallest absolute Gasteiger partial charge is 0.383 e. The molecule has 2 amide bonds. The number of aryl methyl sites for hydroxylation is 1. The molecule has 3 rings (SSSR count). The highest BCUT2D eigenvalue weighted by Gasteiger charge is 2.55. The molecule has 36 heavy (non-hydrogen) atoms. The topological polar surface area (TPSA) is 113 Å². The van der Waals surface area contributed by atoms with E-state index in [4.69, 9.17) is 5.73 Å². The Kier molecular flexibility index (Phi) is 7.68. The zero-order valence-corrected chi connectivity index (χ0v) is 19.5. The lowest BCUT2D eigenvalue weighted by Gasteiger charge is -2.35. The Morgan fingerprint density at radius 2 is 1.75 bits per heavy atom. The van der Waals surface area contributed by atoms with Gasteiger partial charge in [-0.25, -0.2) is 9.07 Å². The van der Waals surface area contributed by atoms with E-state index in [-0.39, 0.29) is 23.5 Å². The number of carbonyl (C=O) groups excluding carboxylic acids is 2. The fraction of sp³-hybridized carbons (Fsp3) is 0.292. The molecule has 1 heterocycles. The van der Waals surface area contributed by atoms with Gasteiger partial charge in [0.15, 0.2) is 5.60 Å². The number of hydrogen-bond acceptors (Lipinski definition) is 5. The van der Waals surface area contributed by atoms with E-state index in [1.165, 1.54) is 25.1 Å². The van der Waals surface area contributed by atoms with E-state index in [2.05, 4.69) is 5.10 Å². The number of amides is 2. The Labute approximate surface area is 204 Å². The molecule has 0 aliphatic rings. The lowest BCUT2D eigenvalue weighted by molar-refractivity contribution is -0.259. The molecule has 192 valence electrons. The number of benzene rings is 2. The third-order valence-electron chi connectivity index (χ3n) is 5.69. The average molecular weight is 507 g/mol. The van der Waals surface area contributed by atoms with Gasteiger partial charge in [-0.2, -0.15) is 18.3 Å². The highest BCUT2D eigenvalue weighted by Crippen LogP contribution is 2.31. The van der Waals surface area contributed by atoms with Crippen LogP contribution >= 0.6 is 0 Å². The first kappa shape index (κ1) is 26.7. The van der Waals surface area contributed by atoms with Crippen molar-refractivity contribution in [2.45, 2.75) is 25.6 Å². The van der Waals surface area contributed by atoms with Crippen molar-refractivity contribution in [3.63, 3.8) is 0 Å². The van der Waals surface area contributed by atoms with Crippen LogP contribution < -0.4 is 11.1 Å². The Hall–Kier alpha value is -3.93. The number of nitrogens with zero attached hydrogens (tertiary/aromatic N) is 3. The molecule has 4 N–H and O–H groups in total. The summed E-state index contributed by atoms with van der Waals surface area (Å²) >= 11 is 0. The highest BCUT2D eigenvalue weighted by atomic mass is 19.4. The van der Waals surface area contributed by atoms with Gasteiger partial charge < -0.3 is 21.1 Å². The third kappa shape index (κ3) is 5.48. The van der Waals surface area contributed by atoms with Crippen LogP contribution in [0.1, 0.15) is 33.2 Å². The maximum Gasteiger partial charge on any atom is 0.420 e. The number of nitrogen functional groups attached to an aromatic ring is 1. The number of likely N-dealkylation sites (N-methyl/N-ethyl adjacent to an activating group) is 1. The normalized spacial score (nSPS) is 13.2. The zero-order valence-electron chi connectivity index (χ0n) is 19.5. The number of aliphatic hydroxyl groups is 1. The fourth-order valence-electron chi connectivity index (χ4n) is 3.51. The first-order chi connectivity index (χ1) is 16.9. The number of hydrogen-bond donors (Lipinski definition) is 3. The first-order valence-electron chi connectivity index (χ1n) is 10.9. The Morgan fingerprint density at radius 3 is 2.33 bits per heavy atom. The molecule has 0 fully saturated rings. The molecule has 0 aliphatic heterocycles. The van der Waals surface area contributed by atoms with E-state index in [9.17, 15) is 32.3 Å². The summed E-state index contributed by atoms with van der Waals surface area (Å²) in [5.41, 5.74) is 3.34. The number of anilines is 1. The van der Waals surface area contributed by atoms with Crippen molar-refractivity contribution in [1.82, 2.24) is 20.0 Å². The van der Waals surface area contributed by atoms with E-state index in [1.54, 1.807) is 25.1 Å². The van der Waals surface area contributed by atoms with E-state index < -0.39 is 42.5 Å². The van der Waals surface area contributed by atoms with Crippen molar-refractivity contribution >= 4 is 17.6 Å². The quantitative estimate of drug-likeness (QED) is 0.406. The first-order valence-corrected chi connectivity index (χ1v) is 10.9. The lowest BCUT2D eigenvalue weighted by Crippen LogP contribution is -2.60. The summed E-state index contributed by atoms with van der Waals surface area (Å²) in [4.78, 5) is 26.4. The maximum atomic E-state index is 13.9. The average Bonchev–Trinajstić information content (AvgIpc) is 3.22. The lowest BCUT2D eigenvalue weighted by atomic mass is 10.0. The van der Waals surface area contributed by atoms with Gasteiger partial charge in [-0.15, -0.1) is 0 Å². The minimum atomic E-state index is -5.18. The molecule has 2 aromatic carbocycles. The minimum Gasteiger partial charge on any atom is -0.383 e. The summed E-state index contributed by atoms with van der Waals surface area (Å²) in [6.07, 6.45) is -4.13. The van der Waals surface area contributed by atoms with E-state index in [0.29, 0.717) is 11.3 Å². The van der Waals surface area contributed by atoms with E-state index >= 15 is 0 Å². The molecule has 1 atom stereocenters. The van der Waals surface area contributed by atoms with Crippen molar-refractivity contribution < 1.29 is 32.3 Å². The standard InChI is InChI=1S/C24H25F4N5O3/c1-3-32(22(35)18-7-5-4-6-15(18)2)14-23(36,24(26,27)28)13-30-21(34)19-12-31-33(20(19)29)17-10-8-16(25)9-11-17/h4-12,36H,3,13-14,29H2,1-2H3,(H,30,34)/t23-/m0/s1. The van der Waals surface area contributed by atoms with Crippen molar-refractivity contribution in [3.05, 3.63) is 77.2 Å². The summed E-state index contributed by atoms with van der Waals surface area (Å²) in [6, 6.07) is 11.4. The van der Waals surface area contributed by atoms with Crippen LogP contribution in [-0.2, 0) is 0 Å². The van der Waals surface area contributed by atoms with Crippen LogP contribution in [-0.4, -0.2) is 63.0 Å². The zero-order chi connectivity index (χ0) is 26.7. The second-order valence-corrected chi connectivity index (χ2v) is 8.18. The molecular weight excluding hydrogens is 482 g/mol. The van der Waals surface area contributed by atoms with Gasteiger partial charge in [-0.1, -0.05) is 18.2 Å².